The van der Waals surface area contributed by atoms with E-state index in [4.69, 9.17) is 4.74 Å². The van der Waals surface area contributed by atoms with E-state index >= 15 is 0 Å². The Bertz CT molecular complexity index is 785. The second kappa shape index (κ2) is 11.3. The largest absolute Gasteiger partial charge is 0.381 e. The Morgan fingerprint density at radius 2 is 1.58 bits per heavy atom. The maximum absolute atomic E-state index is 12.6. The Morgan fingerprint density at radius 3 is 2.26 bits per heavy atom. The summed E-state index contributed by atoms with van der Waals surface area (Å²) in [7, 11) is 0. The van der Waals surface area contributed by atoms with Crippen molar-refractivity contribution in [3.8, 4) is 0 Å². The van der Waals surface area contributed by atoms with Gasteiger partial charge in [0.1, 0.15) is 0 Å². The highest BCUT2D eigenvalue weighted by molar-refractivity contribution is 5.78. The Labute approximate surface area is 186 Å². The van der Waals surface area contributed by atoms with Crippen molar-refractivity contribution in [2.24, 2.45) is 5.92 Å². The summed E-state index contributed by atoms with van der Waals surface area (Å²) in [6, 6.07) is 21.5. The molecule has 2 aliphatic heterocycles. The highest BCUT2D eigenvalue weighted by atomic mass is 16.5. The van der Waals surface area contributed by atoms with Gasteiger partial charge in [0, 0.05) is 50.5 Å². The lowest BCUT2D eigenvalue weighted by atomic mass is 9.95. The lowest BCUT2D eigenvalue weighted by Gasteiger charge is -2.38. The summed E-state index contributed by atoms with van der Waals surface area (Å²) in [4.78, 5) is 17.7. The molecule has 0 aliphatic carbocycles. The quantitative estimate of drug-likeness (QED) is 0.706. The summed E-state index contributed by atoms with van der Waals surface area (Å²) in [5.74, 6) is 0.345. The predicted octanol–water partition coefficient (Wildman–Crippen LogP) is 3.70. The third kappa shape index (κ3) is 6.31. The van der Waals surface area contributed by atoms with Gasteiger partial charge in [-0.3, -0.25) is 4.79 Å². The number of nitrogens with zero attached hydrogens (tertiary/aromatic N) is 2. The average molecular weight is 422 g/mol. The standard InChI is InChI=1S/C26H35N3O2/c30-26(27-21-22-7-3-1-4-8-22)23-11-15-28(16-12-23)17-18-29(24-9-5-2-6-10-24)25-13-19-31-20-14-25/h1-10,23,25H,11-21H2,(H,27,30). The van der Waals surface area contributed by atoms with E-state index in [0.717, 1.165) is 70.6 Å². The summed E-state index contributed by atoms with van der Waals surface area (Å²) >= 11 is 0. The van der Waals surface area contributed by atoms with E-state index < -0.39 is 0 Å². The Balaban J connectivity index is 1.24. The molecule has 31 heavy (non-hydrogen) atoms. The molecule has 1 N–H and O–H groups in total. The Morgan fingerprint density at radius 1 is 0.935 bits per heavy atom. The first kappa shape index (κ1) is 21.8. The van der Waals surface area contributed by atoms with E-state index in [1.807, 2.05) is 18.2 Å². The van der Waals surface area contributed by atoms with Gasteiger partial charge in [-0.25, -0.2) is 0 Å². The molecule has 5 nitrogen and oxygen atoms in total. The van der Waals surface area contributed by atoms with Crippen LogP contribution in [0.5, 0.6) is 0 Å². The van der Waals surface area contributed by atoms with Gasteiger partial charge < -0.3 is 19.9 Å². The fraction of sp³-hybridized carbons (Fsp3) is 0.500. The smallest absolute Gasteiger partial charge is 0.223 e. The Kier molecular flexibility index (Phi) is 7.97. The van der Waals surface area contributed by atoms with Crippen LogP contribution in [0.15, 0.2) is 60.7 Å². The molecule has 2 fully saturated rings. The van der Waals surface area contributed by atoms with Gasteiger partial charge >= 0.3 is 0 Å². The van der Waals surface area contributed by atoms with Crippen LogP contribution in [0.4, 0.5) is 5.69 Å². The molecule has 0 aromatic heterocycles. The van der Waals surface area contributed by atoms with Gasteiger partial charge in [-0.1, -0.05) is 48.5 Å². The van der Waals surface area contributed by atoms with Crippen molar-refractivity contribution >= 4 is 11.6 Å². The zero-order valence-corrected chi connectivity index (χ0v) is 18.4. The van der Waals surface area contributed by atoms with E-state index in [0.29, 0.717) is 12.6 Å². The van der Waals surface area contributed by atoms with Crippen molar-refractivity contribution in [2.45, 2.75) is 38.3 Å². The molecule has 5 heteroatoms. The molecule has 2 aromatic rings. The number of hydrogen-bond donors (Lipinski definition) is 1. The number of nitrogens with one attached hydrogen (secondary N) is 1. The minimum atomic E-state index is 0.140. The van der Waals surface area contributed by atoms with Crippen molar-refractivity contribution in [1.29, 1.82) is 0 Å². The highest BCUT2D eigenvalue weighted by Crippen LogP contribution is 2.23. The van der Waals surface area contributed by atoms with Crippen molar-refractivity contribution in [1.82, 2.24) is 10.2 Å². The van der Waals surface area contributed by atoms with Crippen molar-refractivity contribution in [2.75, 3.05) is 44.3 Å². The number of para-hydroxylation sites is 1. The second-order valence-electron chi connectivity index (χ2n) is 8.69. The number of likely N-dealkylation sites (tertiary alicyclic amines) is 1. The second-order valence-corrected chi connectivity index (χ2v) is 8.69. The van der Waals surface area contributed by atoms with Crippen LogP contribution in [0.3, 0.4) is 0 Å². The average Bonchev–Trinajstić information content (AvgIpc) is 2.85. The van der Waals surface area contributed by atoms with Gasteiger partial charge in [0.05, 0.1) is 0 Å². The summed E-state index contributed by atoms with van der Waals surface area (Å²) in [5, 5.41) is 3.12. The van der Waals surface area contributed by atoms with Crippen molar-refractivity contribution in [3.63, 3.8) is 0 Å². The van der Waals surface area contributed by atoms with Gasteiger partial charge in [-0.15, -0.1) is 0 Å². The zero-order valence-electron chi connectivity index (χ0n) is 18.4. The van der Waals surface area contributed by atoms with Crippen LogP contribution in [0.1, 0.15) is 31.2 Å². The van der Waals surface area contributed by atoms with Crippen LogP contribution in [-0.4, -0.2) is 56.2 Å². The molecule has 1 amide bonds. The molecule has 2 aromatic carbocycles. The number of rotatable bonds is 8. The number of anilines is 1. The van der Waals surface area contributed by atoms with Crippen LogP contribution < -0.4 is 10.2 Å². The maximum Gasteiger partial charge on any atom is 0.223 e. The van der Waals surface area contributed by atoms with Crippen LogP contribution in [0.2, 0.25) is 0 Å². The van der Waals surface area contributed by atoms with Gasteiger partial charge in [0.25, 0.3) is 0 Å². The predicted molar refractivity (Wildman–Crippen MR) is 125 cm³/mol. The molecule has 0 saturated carbocycles. The summed E-state index contributed by atoms with van der Waals surface area (Å²) in [6.45, 7) is 6.41. The Hall–Kier alpha value is -2.37. The lowest BCUT2D eigenvalue weighted by molar-refractivity contribution is -0.126. The van der Waals surface area contributed by atoms with E-state index in [1.54, 1.807) is 0 Å². The number of amides is 1. The first-order valence-electron chi connectivity index (χ1n) is 11.7. The molecule has 2 aliphatic rings. The molecule has 0 bridgehead atoms. The molecule has 0 spiro atoms. The minimum Gasteiger partial charge on any atom is -0.381 e. The molecular formula is C26H35N3O2. The highest BCUT2D eigenvalue weighted by Gasteiger charge is 2.26. The van der Waals surface area contributed by atoms with E-state index in [2.05, 4.69) is 57.6 Å². The summed E-state index contributed by atoms with van der Waals surface area (Å²) < 4.78 is 5.59. The van der Waals surface area contributed by atoms with Gasteiger partial charge in [-0.05, 0) is 56.5 Å². The molecule has 0 atom stereocenters. The van der Waals surface area contributed by atoms with E-state index in [1.165, 1.54) is 5.69 Å². The van der Waals surface area contributed by atoms with Gasteiger partial charge in [0.2, 0.25) is 5.91 Å². The van der Waals surface area contributed by atoms with Crippen LogP contribution in [-0.2, 0) is 16.1 Å². The molecule has 0 radical (unpaired) electrons. The number of piperidine rings is 1. The van der Waals surface area contributed by atoms with Crippen LogP contribution >= 0.6 is 0 Å². The van der Waals surface area contributed by atoms with Crippen molar-refractivity contribution in [3.05, 3.63) is 66.2 Å². The van der Waals surface area contributed by atoms with Gasteiger partial charge in [-0.2, -0.15) is 0 Å². The molecule has 2 heterocycles. The van der Waals surface area contributed by atoms with Crippen LogP contribution in [0.25, 0.3) is 0 Å². The maximum atomic E-state index is 12.6. The molecule has 2 saturated heterocycles. The molecule has 166 valence electrons. The number of carbonyl (C=O) groups is 1. The topological polar surface area (TPSA) is 44.8 Å². The normalized spacial score (nSPS) is 18.6. The number of carbonyl (C=O) groups excluding carboxylic acids is 1. The molecule has 0 unspecified atom stereocenters. The summed E-state index contributed by atoms with van der Waals surface area (Å²) in [6.07, 6.45) is 4.09. The van der Waals surface area contributed by atoms with Crippen molar-refractivity contribution < 1.29 is 9.53 Å². The molecule has 4 rings (SSSR count). The minimum absolute atomic E-state index is 0.140. The first-order valence-corrected chi connectivity index (χ1v) is 11.7. The SMILES string of the molecule is O=C(NCc1ccccc1)C1CCN(CCN(c2ccccc2)C2CCOCC2)CC1. The van der Waals surface area contributed by atoms with E-state index in [9.17, 15) is 4.79 Å². The third-order valence-electron chi connectivity index (χ3n) is 6.64. The van der Waals surface area contributed by atoms with Gasteiger partial charge in [0.15, 0.2) is 0 Å². The van der Waals surface area contributed by atoms with Crippen LogP contribution in [0, 0.1) is 5.92 Å². The zero-order chi connectivity index (χ0) is 21.3. The number of ether oxygens (including phenoxy) is 1. The fourth-order valence-electron chi connectivity index (χ4n) is 4.74. The number of hydrogen-bond acceptors (Lipinski definition) is 4. The van der Waals surface area contributed by atoms with E-state index in [-0.39, 0.29) is 11.8 Å². The lowest BCUT2D eigenvalue weighted by Crippen LogP contribution is -2.46. The number of benzene rings is 2. The third-order valence-corrected chi connectivity index (χ3v) is 6.64. The monoisotopic (exact) mass is 421 g/mol. The fourth-order valence-corrected chi connectivity index (χ4v) is 4.74. The summed E-state index contributed by atoms with van der Waals surface area (Å²) in [5.41, 5.74) is 2.46. The first-order chi connectivity index (χ1) is 15.3. The molecular weight excluding hydrogens is 386 g/mol.